The Labute approximate surface area is 181 Å². The zero-order valence-electron chi connectivity index (χ0n) is 17.9. The highest BCUT2D eigenvalue weighted by molar-refractivity contribution is 6.07. The molecule has 1 atom stereocenters. The van der Waals surface area contributed by atoms with E-state index in [9.17, 15) is 4.79 Å². The van der Waals surface area contributed by atoms with Gasteiger partial charge in [0.2, 0.25) is 5.91 Å². The lowest BCUT2D eigenvalue weighted by Gasteiger charge is -2.12. The summed E-state index contributed by atoms with van der Waals surface area (Å²) in [6, 6.07) is 2.40. The van der Waals surface area contributed by atoms with Crippen LogP contribution in [0.15, 0.2) is 37.1 Å². The summed E-state index contributed by atoms with van der Waals surface area (Å²) in [5.74, 6) is 0.0902. The van der Waals surface area contributed by atoms with Crippen LogP contribution in [0.3, 0.4) is 0 Å². The van der Waals surface area contributed by atoms with Gasteiger partial charge in [-0.05, 0) is 25.3 Å². The predicted molar refractivity (Wildman–Crippen MR) is 120 cm³/mol. The molecule has 0 saturated carbocycles. The molecule has 3 N–H and O–H groups in total. The van der Waals surface area contributed by atoms with Crippen LogP contribution in [0.2, 0.25) is 0 Å². The molecular formula is C22H28N8O. The van der Waals surface area contributed by atoms with Gasteiger partial charge in [-0.15, -0.1) is 0 Å². The van der Waals surface area contributed by atoms with Gasteiger partial charge in [-0.2, -0.15) is 10.2 Å². The fourth-order valence-electron chi connectivity index (χ4n) is 3.93. The number of aromatic nitrogens is 5. The number of allylic oxidation sites excluding steroid dienone is 1. The second kappa shape index (κ2) is 9.11. The largest absolute Gasteiger partial charge is 0.388 e. The molecule has 9 heteroatoms. The number of carbonyl (C=O) groups excluding carboxylic acids is 1. The zero-order chi connectivity index (χ0) is 21.8. The Kier molecular flexibility index (Phi) is 6.11. The van der Waals surface area contributed by atoms with Gasteiger partial charge in [0.15, 0.2) is 0 Å². The Balaban J connectivity index is 1.63. The number of hydrogen-bond acceptors (Lipinski definition) is 6. The Morgan fingerprint density at radius 3 is 2.90 bits per heavy atom. The average Bonchev–Trinajstić information content (AvgIpc) is 3.52. The molecule has 3 aromatic heterocycles. The molecule has 0 aliphatic carbocycles. The molecule has 1 aliphatic rings. The molecular weight excluding hydrogens is 392 g/mol. The summed E-state index contributed by atoms with van der Waals surface area (Å²) < 4.78 is 3.78. The molecule has 1 amide bonds. The van der Waals surface area contributed by atoms with E-state index in [1.807, 2.05) is 29.3 Å². The molecule has 3 aromatic rings. The SMILES string of the molecule is CCC(CC)n1cc(-c2nc(/C(C=N)=C/NCC3CCC(=O)N3)cn3nccc23)cn1. The van der Waals surface area contributed by atoms with Gasteiger partial charge in [0.1, 0.15) is 0 Å². The fourth-order valence-corrected chi connectivity index (χ4v) is 3.93. The van der Waals surface area contributed by atoms with Gasteiger partial charge < -0.3 is 16.0 Å². The van der Waals surface area contributed by atoms with Crippen LogP contribution in [0.1, 0.15) is 51.3 Å². The van der Waals surface area contributed by atoms with Crippen molar-refractivity contribution in [1.82, 2.24) is 35.0 Å². The number of carbonyl (C=O) groups is 1. The number of amides is 1. The molecule has 0 radical (unpaired) electrons. The van der Waals surface area contributed by atoms with Crippen LogP contribution in [-0.4, -0.2) is 49.1 Å². The lowest BCUT2D eigenvalue weighted by atomic mass is 10.1. The van der Waals surface area contributed by atoms with Crippen molar-refractivity contribution in [2.45, 2.75) is 51.6 Å². The van der Waals surface area contributed by atoms with Crippen LogP contribution in [0.4, 0.5) is 0 Å². The molecule has 0 aromatic carbocycles. The molecule has 0 bridgehead atoms. The first-order valence-corrected chi connectivity index (χ1v) is 10.8. The Morgan fingerprint density at radius 2 is 2.19 bits per heavy atom. The van der Waals surface area contributed by atoms with Crippen molar-refractivity contribution < 1.29 is 4.79 Å². The lowest BCUT2D eigenvalue weighted by Crippen LogP contribution is -2.33. The maximum atomic E-state index is 11.4. The Morgan fingerprint density at radius 1 is 1.35 bits per heavy atom. The van der Waals surface area contributed by atoms with Crippen molar-refractivity contribution >= 4 is 23.2 Å². The zero-order valence-corrected chi connectivity index (χ0v) is 17.9. The molecule has 9 nitrogen and oxygen atoms in total. The summed E-state index contributed by atoms with van der Waals surface area (Å²) in [4.78, 5) is 16.2. The second-order valence-corrected chi connectivity index (χ2v) is 7.77. The van der Waals surface area contributed by atoms with E-state index in [1.54, 1.807) is 16.9 Å². The summed E-state index contributed by atoms with van der Waals surface area (Å²) in [5, 5.41) is 23.0. The maximum Gasteiger partial charge on any atom is 0.220 e. The van der Waals surface area contributed by atoms with Gasteiger partial charge in [0, 0.05) is 48.8 Å². The van der Waals surface area contributed by atoms with E-state index in [1.165, 1.54) is 6.21 Å². The minimum atomic E-state index is 0.0902. The molecule has 1 unspecified atom stereocenters. The normalized spacial score (nSPS) is 16.8. The van der Waals surface area contributed by atoms with E-state index in [2.05, 4.69) is 34.7 Å². The van der Waals surface area contributed by atoms with E-state index in [0.29, 0.717) is 30.3 Å². The molecule has 4 heterocycles. The molecule has 0 spiro atoms. The lowest BCUT2D eigenvalue weighted by molar-refractivity contribution is -0.119. The summed E-state index contributed by atoms with van der Waals surface area (Å²) in [7, 11) is 0. The molecule has 1 aliphatic heterocycles. The summed E-state index contributed by atoms with van der Waals surface area (Å²) in [5.41, 5.74) is 3.86. The molecule has 162 valence electrons. The van der Waals surface area contributed by atoms with Crippen LogP contribution >= 0.6 is 0 Å². The van der Waals surface area contributed by atoms with Gasteiger partial charge in [-0.25, -0.2) is 9.50 Å². The van der Waals surface area contributed by atoms with E-state index < -0.39 is 0 Å². The van der Waals surface area contributed by atoms with Crippen LogP contribution in [-0.2, 0) is 4.79 Å². The summed E-state index contributed by atoms with van der Waals surface area (Å²) in [6.07, 6.45) is 13.9. The number of fused-ring (bicyclic) bond motifs is 1. The second-order valence-electron chi connectivity index (χ2n) is 7.77. The minimum Gasteiger partial charge on any atom is -0.388 e. The third-order valence-electron chi connectivity index (χ3n) is 5.74. The van der Waals surface area contributed by atoms with Crippen molar-refractivity contribution in [1.29, 1.82) is 5.41 Å². The van der Waals surface area contributed by atoms with Crippen molar-refractivity contribution in [2.24, 2.45) is 0 Å². The quantitative estimate of drug-likeness (QED) is 0.461. The van der Waals surface area contributed by atoms with Crippen molar-refractivity contribution in [3.63, 3.8) is 0 Å². The van der Waals surface area contributed by atoms with E-state index in [4.69, 9.17) is 10.4 Å². The number of nitrogens with zero attached hydrogens (tertiary/aromatic N) is 5. The minimum absolute atomic E-state index is 0.0902. The fraction of sp³-hybridized carbons (Fsp3) is 0.409. The van der Waals surface area contributed by atoms with E-state index >= 15 is 0 Å². The first-order valence-electron chi connectivity index (χ1n) is 10.8. The standard InChI is InChI=1S/C22H28N8O/c1-3-18(4-2)29-13-16(11-26-29)22-20-7-8-25-30(20)14-19(28-22)15(9-23)10-24-12-17-5-6-21(31)27-17/h7-11,13-14,17-18,23-24H,3-6,12H2,1-2H3,(H,27,31)/b15-10+,23-9?. The first kappa shape index (κ1) is 20.8. The Hall–Kier alpha value is -3.49. The van der Waals surface area contributed by atoms with Crippen LogP contribution in [0, 0.1) is 5.41 Å². The van der Waals surface area contributed by atoms with Gasteiger partial charge >= 0.3 is 0 Å². The number of nitrogens with one attached hydrogen (secondary N) is 3. The number of rotatable bonds is 9. The average molecular weight is 421 g/mol. The third kappa shape index (κ3) is 4.35. The highest BCUT2D eigenvalue weighted by Gasteiger charge is 2.20. The molecule has 1 fully saturated rings. The highest BCUT2D eigenvalue weighted by Crippen LogP contribution is 2.26. The molecule has 31 heavy (non-hydrogen) atoms. The maximum absolute atomic E-state index is 11.4. The third-order valence-corrected chi connectivity index (χ3v) is 5.74. The molecule has 1 saturated heterocycles. The van der Waals surface area contributed by atoms with Crippen LogP contribution in [0.25, 0.3) is 22.3 Å². The van der Waals surface area contributed by atoms with Gasteiger partial charge in [0.05, 0.1) is 41.5 Å². The molecule has 4 rings (SSSR count). The highest BCUT2D eigenvalue weighted by atomic mass is 16.1. The predicted octanol–water partition coefficient (Wildman–Crippen LogP) is 2.81. The smallest absolute Gasteiger partial charge is 0.220 e. The van der Waals surface area contributed by atoms with E-state index in [-0.39, 0.29) is 11.9 Å². The van der Waals surface area contributed by atoms with Crippen molar-refractivity contribution in [2.75, 3.05) is 6.54 Å². The number of hydrogen-bond donors (Lipinski definition) is 3. The summed E-state index contributed by atoms with van der Waals surface area (Å²) >= 11 is 0. The van der Waals surface area contributed by atoms with Gasteiger partial charge in [-0.3, -0.25) is 9.48 Å². The topological polar surface area (TPSA) is 113 Å². The van der Waals surface area contributed by atoms with Crippen LogP contribution in [0.5, 0.6) is 0 Å². The van der Waals surface area contributed by atoms with Gasteiger partial charge in [-0.1, -0.05) is 13.8 Å². The van der Waals surface area contributed by atoms with Crippen molar-refractivity contribution in [3.05, 3.63) is 42.7 Å². The summed E-state index contributed by atoms with van der Waals surface area (Å²) in [6.45, 7) is 4.94. The van der Waals surface area contributed by atoms with Crippen LogP contribution < -0.4 is 10.6 Å². The monoisotopic (exact) mass is 420 g/mol. The van der Waals surface area contributed by atoms with E-state index in [0.717, 1.165) is 36.0 Å². The van der Waals surface area contributed by atoms with Crippen molar-refractivity contribution in [3.8, 4) is 11.3 Å². The first-order chi connectivity index (χ1) is 15.1. The Bertz CT molecular complexity index is 1110. The van der Waals surface area contributed by atoms with Gasteiger partial charge in [0.25, 0.3) is 0 Å².